The second kappa shape index (κ2) is 7.60. The highest BCUT2D eigenvalue weighted by Gasteiger charge is 2.26. The Labute approximate surface area is 162 Å². The van der Waals surface area contributed by atoms with E-state index >= 15 is 0 Å². The van der Waals surface area contributed by atoms with Gasteiger partial charge >= 0.3 is 0 Å². The average Bonchev–Trinajstić information content (AvgIpc) is 3.31. The van der Waals surface area contributed by atoms with Crippen molar-refractivity contribution in [2.75, 3.05) is 25.0 Å². The van der Waals surface area contributed by atoms with E-state index in [0.29, 0.717) is 29.6 Å². The lowest BCUT2D eigenvalue weighted by molar-refractivity contribution is -0.131. The Morgan fingerprint density at radius 3 is 3.19 bits per heavy atom. The molecule has 1 amide bonds. The lowest BCUT2D eigenvalue weighted by atomic mass is 9.94. The summed E-state index contributed by atoms with van der Waals surface area (Å²) in [6.45, 7) is 2.14. The number of nitrogens with one attached hydrogen (secondary N) is 1. The summed E-state index contributed by atoms with van der Waals surface area (Å²) < 4.78 is 5.88. The van der Waals surface area contributed by atoms with Gasteiger partial charge in [-0.1, -0.05) is 11.6 Å². The van der Waals surface area contributed by atoms with E-state index in [9.17, 15) is 4.79 Å². The van der Waals surface area contributed by atoms with Crippen LogP contribution >= 0.6 is 11.6 Å². The number of piperidine rings is 1. The van der Waals surface area contributed by atoms with Crippen LogP contribution in [0.4, 0.5) is 6.01 Å². The third kappa shape index (κ3) is 4.08. The number of anilines is 1. The molecule has 1 fully saturated rings. The van der Waals surface area contributed by atoms with E-state index in [1.807, 2.05) is 19.2 Å². The molecular weight excluding hydrogens is 366 g/mol. The SMILES string of the molecule is CN(Cc1ncc[nH]1)C(=O)CC1CCCN(c2nc3ccc(Cl)cc3o2)C1. The van der Waals surface area contributed by atoms with Crippen molar-refractivity contribution in [2.45, 2.75) is 25.8 Å². The first kappa shape index (κ1) is 17.9. The number of H-pyrrole nitrogens is 1. The quantitative estimate of drug-likeness (QED) is 0.725. The van der Waals surface area contributed by atoms with E-state index < -0.39 is 0 Å². The molecule has 4 rings (SSSR count). The summed E-state index contributed by atoms with van der Waals surface area (Å²) in [6.07, 6.45) is 6.02. The van der Waals surface area contributed by atoms with Gasteiger partial charge in [-0.3, -0.25) is 4.79 Å². The van der Waals surface area contributed by atoms with E-state index in [4.69, 9.17) is 16.0 Å². The smallest absolute Gasteiger partial charge is 0.298 e. The summed E-state index contributed by atoms with van der Waals surface area (Å²) in [4.78, 5) is 28.2. The number of aromatic nitrogens is 3. The summed E-state index contributed by atoms with van der Waals surface area (Å²) in [6, 6.07) is 6.05. The number of imidazole rings is 1. The number of oxazole rings is 1. The summed E-state index contributed by atoms with van der Waals surface area (Å²) in [5.41, 5.74) is 1.49. The van der Waals surface area contributed by atoms with E-state index in [0.717, 1.165) is 37.3 Å². The first-order chi connectivity index (χ1) is 13.1. The molecule has 1 N–H and O–H groups in total. The highest BCUT2D eigenvalue weighted by Crippen LogP contribution is 2.29. The lowest BCUT2D eigenvalue weighted by Crippen LogP contribution is -2.38. The maximum absolute atomic E-state index is 12.6. The summed E-state index contributed by atoms with van der Waals surface area (Å²) in [5.74, 6) is 1.20. The molecule has 7 nitrogen and oxygen atoms in total. The summed E-state index contributed by atoms with van der Waals surface area (Å²) in [5, 5.41) is 0.631. The molecule has 142 valence electrons. The van der Waals surface area contributed by atoms with Crippen molar-refractivity contribution >= 4 is 34.6 Å². The number of halogens is 1. The largest absolute Gasteiger partial charge is 0.423 e. The molecule has 0 saturated carbocycles. The fourth-order valence-corrected chi connectivity index (χ4v) is 3.69. The van der Waals surface area contributed by atoms with Crippen LogP contribution in [-0.2, 0) is 11.3 Å². The van der Waals surface area contributed by atoms with E-state index in [-0.39, 0.29) is 11.8 Å². The number of aromatic amines is 1. The number of hydrogen-bond acceptors (Lipinski definition) is 5. The molecule has 1 unspecified atom stereocenters. The van der Waals surface area contributed by atoms with Crippen LogP contribution in [0.3, 0.4) is 0 Å². The fourth-order valence-electron chi connectivity index (χ4n) is 3.53. The van der Waals surface area contributed by atoms with Crippen molar-refractivity contribution in [1.29, 1.82) is 0 Å². The second-order valence-corrected chi connectivity index (χ2v) is 7.49. The van der Waals surface area contributed by atoms with Gasteiger partial charge in [0.25, 0.3) is 6.01 Å². The third-order valence-electron chi connectivity index (χ3n) is 4.96. The standard InChI is InChI=1S/C19H22ClN5O2/c1-24(12-17-21-6-7-22-17)18(26)9-13-3-2-8-25(11-13)19-23-15-5-4-14(20)10-16(15)27-19/h4-7,10,13H,2-3,8-9,11-12H2,1H3,(H,21,22). The Morgan fingerprint density at radius 2 is 2.37 bits per heavy atom. The maximum Gasteiger partial charge on any atom is 0.298 e. The highest BCUT2D eigenvalue weighted by atomic mass is 35.5. The van der Waals surface area contributed by atoms with E-state index in [1.165, 1.54) is 0 Å². The molecule has 0 aliphatic carbocycles. The van der Waals surface area contributed by atoms with Crippen LogP contribution in [-0.4, -0.2) is 45.9 Å². The van der Waals surface area contributed by atoms with Gasteiger partial charge in [-0.2, -0.15) is 4.98 Å². The molecule has 1 saturated heterocycles. The number of fused-ring (bicyclic) bond motifs is 1. The summed E-state index contributed by atoms with van der Waals surface area (Å²) in [7, 11) is 1.82. The normalized spacial score (nSPS) is 17.4. The number of benzene rings is 1. The molecule has 3 aromatic rings. The minimum Gasteiger partial charge on any atom is -0.423 e. The van der Waals surface area contributed by atoms with Gasteiger partial charge in [-0.25, -0.2) is 4.98 Å². The molecule has 27 heavy (non-hydrogen) atoms. The van der Waals surface area contributed by atoms with Crippen molar-refractivity contribution in [3.63, 3.8) is 0 Å². The number of rotatable bonds is 5. The minimum absolute atomic E-state index is 0.127. The van der Waals surface area contributed by atoms with Crippen LogP contribution < -0.4 is 4.90 Å². The van der Waals surface area contributed by atoms with E-state index in [1.54, 1.807) is 23.4 Å². The molecule has 1 aromatic carbocycles. The van der Waals surface area contributed by atoms with Gasteiger partial charge in [0.2, 0.25) is 5.91 Å². The van der Waals surface area contributed by atoms with Crippen LogP contribution in [0.5, 0.6) is 0 Å². The molecule has 1 aliphatic rings. The zero-order chi connectivity index (χ0) is 18.8. The van der Waals surface area contributed by atoms with Crippen LogP contribution in [0.25, 0.3) is 11.1 Å². The van der Waals surface area contributed by atoms with Gasteiger partial charge in [0.1, 0.15) is 11.3 Å². The number of carbonyl (C=O) groups is 1. The van der Waals surface area contributed by atoms with Gasteiger partial charge in [0.15, 0.2) is 5.58 Å². The monoisotopic (exact) mass is 387 g/mol. The molecule has 2 aromatic heterocycles. The fraction of sp³-hybridized carbons (Fsp3) is 0.421. The second-order valence-electron chi connectivity index (χ2n) is 7.05. The Hall–Kier alpha value is -2.54. The zero-order valence-corrected chi connectivity index (χ0v) is 15.9. The predicted octanol–water partition coefficient (Wildman–Crippen LogP) is 3.47. The Morgan fingerprint density at radius 1 is 1.48 bits per heavy atom. The number of hydrogen-bond donors (Lipinski definition) is 1. The van der Waals surface area contributed by atoms with Gasteiger partial charge in [-0.15, -0.1) is 0 Å². The first-order valence-electron chi connectivity index (χ1n) is 9.12. The van der Waals surface area contributed by atoms with Crippen LogP contribution in [0.15, 0.2) is 35.0 Å². The zero-order valence-electron chi connectivity index (χ0n) is 15.2. The van der Waals surface area contributed by atoms with Crippen molar-refractivity contribution in [2.24, 2.45) is 5.92 Å². The molecule has 1 aliphatic heterocycles. The van der Waals surface area contributed by atoms with Gasteiger partial charge < -0.3 is 19.2 Å². The molecule has 3 heterocycles. The lowest BCUT2D eigenvalue weighted by Gasteiger charge is -2.32. The van der Waals surface area contributed by atoms with Crippen molar-refractivity contribution < 1.29 is 9.21 Å². The van der Waals surface area contributed by atoms with Crippen molar-refractivity contribution in [1.82, 2.24) is 19.9 Å². The minimum atomic E-state index is 0.127. The molecule has 1 atom stereocenters. The van der Waals surface area contributed by atoms with Gasteiger partial charge in [-0.05, 0) is 30.9 Å². The third-order valence-corrected chi connectivity index (χ3v) is 5.19. The molecule has 0 bridgehead atoms. The van der Waals surface area contributed by atoms with Crippen LogP contribution in [0, 0.1) is 5.92 Å². The Balaban J connectivity index is 1.39. The Bertz CT molecular complexity index is 923. The molecule has 0 radical (unpaired) electrons. The van der Waals surface area contributed by atoms with Crippen LogP contribution in [0.2, 0.25) is 5.02 Å². The average molecular weight is 388 g/mol. The molecule has 0 spiro atoms. The number of nitrogens with zero attached hydrogens (tertiary/aromatic N) is 4. The molecular formula is C19H22ClN5O2. The van der Waals surface area contributed by atoms with Crippen LogP contribution in [0.1, 0.15) is 25.1 Å². The predicted molar refractivity (Wildman–Crippen MR) is 104 cm³/mol. The first-order valence-corrected chi connectivity index (χ1v) is 9.49. The highest BCUT2D eigenvalue weighted by molar-refractivity contribution is 6.31. The maximum atomic E-state index is 12.6. The van der Waals surface area contributed by atoms with Gasteiger partial charge in [0, 0.05) is 50.0 Å². The van der Waals surface area contributed by atoms with Crippen molar-refractivity contribution in [3.8, 4) is 0 Å². The van der Waals surface area contributed by atoms with Crippen molar-refractivity contribution in [3.05, 3.63) is 41.4 Å². The number of carbonyl (C=O) groups excluding carboxylic acids is 1. The Kier molecular flexibility index (Phi) is 5.03. The summed E-state index contributed by atoms with van der Waals surface area (Å²) >= 11 is 6.02. The topological polar surface area (TPSA) is 78.3 Å². The van der Waals surface area contributed by atoms with Gasteiger partial charge in [0.05, 0.1) is 6.54 Å². The van der Waals surface area contributed by atoms with E-state index in [2.05, 4.69) is 19.9 Å². The molecule has 8 heteroatoms. The number of amides is 1.